The van der Waals surface area contributed by atoms with Crippen LogP contribution in [-0.4, -0.2) is 12.1 Å². The number of carbonyl (C=O) groups excluding carboxylic acids is 2. The Labute approximate surface area is 99.8 Å². The standard InChI is InChI=1S/C11H9BrF2O2/c1-6(16)10(12)9-3-2-7(11(13)14)4-8(9)5-15/h2-5,10-11H,1H3. The van der Waals surface area contributed by atoms with Gasteiger partial charge in [0.15, 0.2) is 0 Å². The summed E-state index contributed by atoms with van der Waals surface area (Å²) in [6.07, 6.45) is -2.16. The van der Waals surface area contributed by atoms with Gasteiger partial charge in [0.25, 0.3) is 6.43 Å². The lowest BCUT2D eigenvalue weighted by atomic mass is 10.0. The molecular formula is C11H9BrF2O2. The molecule has 86 valence electrons. The van der Waals surface area contributed by atoms with Gasteiger partial charge in [-0.25, -0.2) is 8.78 Å². The van der Waals surface area contributed by atoms with Gasteiger partial charge in [-0.1, -0.05) is 28.1 Å². The number of benzene rings is 1. The Balaban J connectivity index is 3.21. The fourth-order valence-electron chi connectivity index (χ4n) is 1.28. The van der Waals surface area contributed by atoms with Crippen LogP contribution in [-0.2, 0) is 4.79 Å². The van der Waals surface area contributed by atoms with Crippen molar-refractivity contribution in [3.05, 3.63) is 34.9 Å². The molecule has 5 heteroatoms. The second-order valence-corrected chi connectivity index (χ2v) is 4.20. The molecule has 1 rings (SSSR count). The summed E-state index contributed by atoms with van der Waals surface area (Å²) in [6, 6.07) is 3.68. The largest absolute Gasteiger partial charge is 0.298 e. The molecule has 0 radical (unpaired) electrons. The lowest BCUT2D eigenvalue weighted by Gasteiger charge is -2.10. The molecule has 0 bridgehead atoms. The summed E-state index contributed by atoms with van der Waals surface area (Å²) in [5.41, 5.74) is 0.288. The maximum atomic E-state index is 12.4. The first-order valence-corrected chi connectivity index (χ1v) is 5.40. The van der Waals surface area contributed by atoms with Crippen molar-refractivity contribution < 1.29 is 18.4 Å². The van der Waals surface area contributed by atoms with Crippen molar-refractivity contribution in [2.24, 2.45) is 0 Å². The summed E-state index contributed by atoms with van der Waals surface area (Å²) in [7, 11) is 0. The van der Waals surface area contributed by atoms with Crippen LogP contribution < -0.4 is 0 Å². The summed E-state index contributed by atoms with van der Waals surface area (Å²) in [5, 5.41) is 0. The first-order chi connectivity index (χ1) is 7.47. The molecule has 0 amide bonds. The van der Waals surface area contributed by atoms with E-state index < -0.39 is 11.3 Å². The van der Waals surface area contributed by atoms with Crippen LogP contribution in [0.5, 0.6) is 0 Å². The molecule has 0 aliphatic rings. The molecule has 0 aromatic heterocycles. The Morgan fingerprint density at radius 2 is 2.06 bits per heavy atom. The zero-order chi connectivity index (χ0) is 12.3. The summed E-state index contributed by atoms with van der Waals surface area (Å²) in [5.74, 6) is -0.187. The zero-order valence-corrected chi connectivity index (χ0v) is 10.0. The minimum absolute atomic E-state index is 0.106. The predicted octanol–water partition coefficient (Wildman–Crippen LogP) is 3.46. The molecule has 1 aromatic rings. The molecule has 0 N–H and O–H groups in total. The highest BCUT2D eigenvalue weighted by Crippen LogP contribution is 2.29. The number of hydrogen-bond donors (Lipinski definition) is 0. The monoisotopic (exact) mass is 290 g/mol. The molecule has 0 saturated heterocycles. The minimum Gasteiger partial charge on any atom is -0.298 e. The van der Waals surface area contributed by atoms with Gasteiger partial charge in [0, 0.05) is 11.1 Å². The van der Waals surface area contributed by atoms with Crippen molar-refractivity contribution in [3.63, 3.8) is 0 Å². The quantitative estimate of drug-likeness (QED) is 0.629. The van der Waals surface area contributed by atoms with Crippen molar-refractivity contribution in [1.29, 1.82) is 0 Å². The van der Waals surface area contributed by atoms with Crippen LogP contribution >= 0.6 is 15.9 Å². The number of alkyl halides is 3. The van der Waals surface area contributed by atoms with E-state index in [0.29, 0.717) is 11.8 Å². The SMILES string of the molecule is CC(=O)C(Br)c1ccc(C(F)F)cc1C=O. The first-order valence-electron chi connectivity index (χ1n) is 4.49. The van der Waals surface area contributed by atoms with Gasteiger partial charge >= 0.3 is 0 Å². The maximum absolute atomic E-state index is 12.4. The Morgan fingerprint density at radius 3 is 2.50 bits per heavy atom. The summed E-state index contributed by atoms with van der Waals surface area (Å²) >= 11 is 3.11. The third-order valence-corrected chi connectivity index (χ3v) is 3.26. The normalized spacial score (nSPS) is 12.6. The van der Waals surface area contributed by atoms with E-state index in [-0.39, 0.29) is 16.9 Å². The van der Waals surface area contributed by atoms with Gasteiger partial charge in [0.2, 0.25) is 0 Å². The zero-order valence-electron chi connectivity index (χ0n) is 8.41. The molecule has 0 spiro atoms. The second kappa shape index (κ2) is 5.30. The van der Waals surface area contributed by atoms with Crippen LogP contribution in [0.4, 0.5) is 8.78 Å². The minimum atomic E-state index is -2.63. The van der Waals surface area contributed by atoms with E-state index in [9.17, 15) is 18.4 Å². The Kier molecular flexibility index (Phi) is 4.29. The van der Waals surface area contributed by atoms with Crippen molar-refractivity contribution in [2.45, 2.75) is 18.2 Å². The van der Waals surface area contributed by atoms with Crippen LogP contribution in [0.1, 0.15) is 39.7 Å². The average molecular weight is 291 g/mol. The van der Waals surface area contributed by atoms with Gasteiger partial charge in [-0.3, -0.25) is 9.59 Å². The van der Waals surface area contributed by atoms with Crippen LogP contribution in [0.2, 0.25) is 0 Å². The summed E-state index contributed by atoms with van der Waals surface area (Å²) in [6.45, 7) is 1.36. The highest BCUT2D eigenvalue weighted by molar-refractivity contribution is 9.09. The van der Waals surface area contributed by atoms with Gasteiger partial charge in [-0.2, -0.15) is 0 Å². The highest BCUT2D eigenvalue weighted by Gasteiger charge is 2.18. The lowest BCUT2D eigenvalue weighted by Crippen LogP contribution is -2.05. The smallest absolute Gasteiger partial charge is 0.263 e. The van der Waals surface area contributed by atoms with Gasteiger partial charge in [0.05, 0.1) is 4.83 Å². The molecule has 0 aliphatic heterocycles. The topological polar surface area (TPSA) is 34.1 Å². The lowest BCUT2D eigenvalue weighted by molar-refractivity contribution is -0.116. The van der Waals surface area contributed by atoms with Gasteiger partial charge in [-0.05, 0) is 18.6 Å². The van der Waals surface area contributed by atoms with Crippen LogP contribution in [0.3, 0.4) is 0 Å². The number of aldehydes is 1. The average Bonchev–Trinajstić information content (AvgIpc) is 2.26. The maximum Gasteiger partial charge on any atom is 0.263 e. The van der Waals surface area contributed by atoms with Crippen molar-refractivity contribution >= 4 is 28.0 Å². The number of hydrogen-bond acceptors (Lipinski definition) is 2. The van der Waals surface area contributed by atoms with Crippen LogP contribution in [0.15, 0.2) is 18.2 Å². The molecule has 16 heavy (non-hydrogen) atoms. The number of carbonyl (C=O) groups is 2. The number of ketones is 1. The van der Waals surface area contributed by atoms with Crippen molar-refractivity contribution in [1.82, 2.24) is 0 Å². The molecule has 1 unspecified atom stereocenters. The molecule has 0 aliphatic carbocycles. The number of Topliss-reactive ketones (excluding diaryl/α,β-unsaturated/α-hetero) is 1. The fourth-order valence-corrected chi connectivity index (χ4v) is 1.70. The van der Waals surface area contributed by atoms with E-state index in [1.807, 2.05) is 0 Å². The van der Waals surface area contributed by atoms with E-state index in [4.69, 9.17) is 0 Å². The van der Waals surface area contributed by atoms with Gasteiger partial charge < -0.3 is 0 Å². The number of rotatable bonds is 4. The van der Waals surface area contributed by atoms with Crippen LogP contribution in [0, 0.1) is 0 Å². The predicted molar refractivity (Wildman–Crippen MR) is 59.1 cm³/mol. The molecule has 0 heterocycles. The molecule has 0 fully saturated rings. The third-order valence-electron chi connectivity index (χ3n) is 2.12. The van der Waals surface area contributed by atoms with Crippen molar-refractivity contribution in [2.75, 3.05) is 0 Å². The fraction of sp³-hybridized carbons (Fsp3) is 0.273. The van der Waals surface area contributed by atoms with Crippen LogP contribution in [0.25, 0.3) is 0 Å². The number of halogens is 3. The second-order valence-electron chi connectivity index (χ2n) is 3.28. The molecular weight excluding hydrogens is 282 g/mol. The highest BCUT2D eigenvalue weighted by atomic mass is 79.9. The van der Waals surface area contributed by atoms with Gasteiger partial charge in [0.1, 0.15) is 12.1 Å². The summed E-state index contributed by atoms with van der Waals surface area (Å²) in [4.78, 5) is 21.2. The molecule has 1 atom stereocenters. The Morgan fingerprint density at radius 1 is 1.44 bits per heavy atom. The third kappa shape index (κ3) is 2.72. The molecule has 2 nitrogen and oxygen atoms in total. The molecule has 1 aromatic carbocycles. The van der Waals surface area contributed by atoms with Crippen molar-refractivity contribution in [3.8, 4) is 0 Å². The Hall–Kier alpha value is -1.10. The van der Waals surface area contributed by atoms with E-state index in [1.165, 1.54) is 19.1 Å². The van der Waals surface area contributed by atoms with E-state index in [0.717, 1.165) is 6.07 Å². The van der Waals surface area contributed by atoms with E-state index in [1.54, 1.807) is 0 Å². The van der Waals surface area contributed by atoms with E-state index >= 15 is 0 Å². The first kappa shape index (κ1) is 13.0. The van der Waals surface area contributed by atoms with Gasteiger partial charge in [-0.15, -0.1) is 0 Å². The van der Waals surface area contributed by atoms with E-state index in [2.05, 4.69) is 15.9 Å². The summed E-state index contributed by atoms with van der Waals surface area (Å²) < 4.78 is 24.8. The molecule has 0 saturated carbocycles. The Bertz CT molecular complexity index is 418.